The number of hydrogen-bond acceptors (Lipinski definition) is 6. The van der Waals surface area contributed by atoms with E-state index in [1.54, 1.807) is 0 Å². The van der Waals surface area contributed by atoms with Crippen molar-refractivity contribution in [3.05, 3.63) is 0 Å². The molecule has 0 aromatic carbocycles. The molecule has 0 saturated carbocycles. The maximum absolute atomic E-state index is 9.78. The molecule has 0 spiro atoms. The Morgan fingerprint density at radius 1 is 1.12 bits per heavy atom. The van der Waals surface area contributed by atoms with Gasteiger partial charge in [0.25, 0.3) is 0 Å². The molecular formula is C10H19BrO6. The van der Waals surface area contributed by atoms with Crippen molar-refractivity contribution in [2.45, 2.75) is 43.5 Å². The molecule has 1 heterocycles. The van der Waals surface area contributed by atoms with Gasteiger partial charge in [0, 0.05) is 11.9 Å². The Morgan fingerprint density at radius 2 is 1.82 bits per heavy atom. The standard InChI is InChI=1S/C10H19BrO6/c11-3-1-2-4-16-9-7(13)6(5-12)17-10(15)8(9)14/h6-10,12-15H,1-5H2/t6-,7-,8-,9+,10-/m1/s1. The monoisotopic (exact) mass is 314 g/mol. The van der Waals surface area contributed by atoms with Crippen molar-refractivity contribution in [1.82, 2.24) is 0 Å². The zero-order valence-corrected chi connectivity index (χ0v) is 11.0. The van der Waals surface area contributed by atoms with E-state index in [0.717, 1.165) is 18.2 Å². The summed E-state index contributed by atoms with van der Waals surface area (Å²) in [6, 6.07) is 0. The molecule has 6 nitrogen and oxygen atoms in total. The Labute approximate surface area is 108 Å². The molecule has 1 saturated heterocycles. The summed E-state index contributed by atoms with van der Waals surface area (Å²) >= 11 is 3.28. The van der Waals surface area contributed by atoms with Crippen LogP contribution in [0, 0.1) is 0 Å². The summed E-state index contributed by atoms with van der Waals surface area (Å²) in [5.41, 5.74) is 0. The van der Waals surface area contributed by atoms with Crippen molar-refractivity contribution < 1.29 is 29.9 Å². The summed E-state index contributed by atoms with van der Waals surface area (Å²) in [5, 5.41) is 38.6. The lowest BCUT2D eigenvalue weighted by atomic mass is 9.99. The fourth-order valence-electron chi connectivity index (χ4n) is 1.68. The van der Waals surface area contributed by atoms with Gasteiger partial charge in [-0.15, -0.1) is 0 Å². The van der Waals surface area contributed by atoms with Gasteiger partial charge in [0.15, 0.2) is 6.29 Å². The molecule has 5 atom stereocenters. The Balaban J connectivity index is 2.47. The van der Waals surface area contributed by atoms with Gasteiger partial charge in [0.05, 0.1) is 6.61 Å². The lowest BCUT2D eigenvalue weighted by molar-refractivity contribution is -0.294. The van der Waals surface area contributed by atoms with E-state index in [9.17, 15) is 15.3 Å². The molecule has 4 N–H and O–H groups in total. The van der Waals surface area contributed by atoms with E-state index in [-0.39, 0.29) is 0 Å². The van der Waals surface area contributed by atoms with Crippen LogP contribution in [-0.4, -0.2) is 69.7 Å². The van der Waals surface area contributed by atoms with Gasteiger partial charge < -0.3 is 29.9 Å². The smallest absolute Gasteiger partial charge is 0.184 e. The SMILES string of the molecule is OC[C@H]1O[C@@H](O)[C@H](O)[C@@H](OCCCCBr)[C@@H]1O. The van der Waals surface area contributed by atoms with Crippen LogP contribution in [0.4, 0.5) is 0 Å². The predicted octanol–water partition coefficient (Wildman–Crippen LogP) is -1.02. The van der Waals surface area contributed by atoms with Crippen LogP contribution in [0.5, 0.6) is 0 Å². The molecule has 0 unspecified atom stereocenters. The Morgan fingerprint density at radius 3 is 2.41 bits per heavy atom. The van der Waals surface area contributed by atoms with Crippen LogP contribution in [0.2, 0.25) is 0 Å². The molecule has 0 bridgehead atoms. The third kappa shape index (κ3) is 4.13. The highest BCUT2D eigenvalue weighted by Gasteiger charge is 2.44. The van der Waals surface area contributed by atoms with Crippen LogP contribution >= 0.6 is 15.9 Å². The van der Waals surface area contributed by atoms with E-state index < -0.39 is 37.3 Å². The first-order valence-corrected chi connectivity index (χ1v) is 6.72. The summed E-state index contributed by atoms with van der Waals surface area (Å²) in [6.07, 6.45) is -4.08. The van der Waals surface area contributed by atoms with Crippen molar-refractivity contribution in [2.75, 3.05) is 18.5 Å². The van der Waals surface area contributed by atoms with Gasteiger partial charge in [-0.1, -0.05) is 15.9 Å². The van der Waals surface area contributed by atoms with Gasteiger partial charge >= 0.3 is 0 Å². The van der Waals surface area contributed by atoms with Crippen LogP contribution in [-0.2, 0) is 9.47 Å². The third-order valence-corrected chi connectivity index (χ3v) is 3.24. The number of unbranched alkanes of at least 4 members (excludes halogenated alkanes) is 1. The van der Waals surface area contributed by atoms with Crippen molar-refractivity contribution >= 4 is 15.9 Å². The average Bonchev–Trinajstić information content (AvgIpc) is 2.33. The molecule has 0 radical (unpaired) electrons. The van der Waals surface area contributed by atoms with Gasteiger partial charge in [0.2, 0.25) is 0 Å². The minimum absolute atomic E-state index is 0.370. The average molecular weight is 315 g/mol. The normalized spacial score (nSPS) is 38.3. The Bertz CT molecular complexity index is 217. The van der Waals surface area contributed by atoms with Gasteiger partial charge in [-0.3, -0.25) is 0 Å². The number of halogens is 1. The molecule has 7 heteroatoms. The van der Waals surface area contributed by atoms with Crippen LogP contribution in [0.1, 0.15) is 12.8 Å². The molecule has 102 valence electrons. The quantitative estimate of drug-likeness (QED) is 0.370. The highest BCUT2D eigenvalue weighted by atomic mass is 79.9. The van der Waals surface area contributed by atoms with Crippen LogP contribution < -0.4 is 0 Å². The molecule has 0 aromatic heterocycles. The maximum Gasteiger partial charge on any atom is 0.184 e. The molecule has 0 aromatic rings. The van der Waals surface area contributed by atoms with Crippen LogP contribution in [0.15, 0.2) is 0 Å². The fraction of sp³-hybridized carbons (Fsp3) is 1.00. The molecule has 1 rings (SSSR count). The highest BCUT2D eigenvalue weighted by molar-refractivity contribution is 9.09. The van der Waals surface area contributed by atoms with E-state index in [2.05, 4.69) is 15.9 Å². The van der Waals surface area contributed by atoms with E-state index in [1.165, 1.54) is 0 Å². The van der Waals surface area contributed by atoms with E-state index in [0.29, 0.717) is 6.61 Å². The minimum Gasteiger partial charge on any atom is -0.394 e. The summed E-state index contributed by atoms with van der Waals surface area (Å²) < 4.78 is 10.2. The van der Waals surface area contributed by atoms with Crippen LogP contribution in [0.25, 0.3) is 0 Å². The van der Waals surface area contributed by atoms with E-state index in [1.807, 2.05) is 0 Å². The second-order valence-corrected chi connectivity index (χ2v) is 4.75. The number of aliphatic hydroxyl groups excluding tert-OH is 4. The number of hydrogen-bond donors (Lipinski definition) is 4. The lowest BCUT2D eigenvalue weighted by Gasteiger charge is -2.39. The highest BCUT2D eigenvalue weighted by Crippen LogP contribution is 2.22. The van der Waals surface area contributed by atoms with Crippen molar-refractivity contribution in [3.63, 3.8) is 0 Å². The first kappa shape index (κ1) is 15.3. The zero-order valence-electron chi connectivity index (χ0n) is 9.41. The fourth-order valence-corrected chi connectivity index (χ4v) is 2.08. The first-order chi connectivity index (χ1) is 8.11. The molecule has 0 aliphatic carbocycles. The van der Waals surface area contributed by atoms with Gasteiger partial charge in [-0.2, -0.15) is 0 Å². The second kappa shape index (κ2) is 7.63. The number of rotatable bonds is 6. The molecule has 0 amide bonds. The summed E-state index contributed by atoms with van der Waals surface area (Å²) in [6.45, 7) is -0.0680. The molecule has 1 aliphatic heterocycles. The van der Waals surface area contributed by atoms with E-state index >= 15 is 0 Å². The summed E-state index contributed by atoms with van der Waals surface area (Å²) in [5.74, 6) is 0. The van der Waals surface area contributed by atoms with Crippen molar-refractivity contribution in [2.24, 2.45) is 0 Å². The first-order valence-electron chi connectivity index (χ1n) is 5.60. The number of alkyl halides is 1. The van der Waals surface area contributed by atoms with Crippen molar-refractivity contribution in [3.8, 4) is 0 Å². The summed E-state index contributed by atoms with van der Waals surface area (Å²) in [4.78, 5) is 0. The van der Waals surface area contributed by atoms with Crippen molar-refractivity contribution in [1.29, 1.82) is 0 Å². The molecule has 1 fully saturated rings. The zero-order chi connectivity index (χ0) is 12.8. The Kier molecular flexibility index (Phi) is 6.86. The number of aliphatic hydroxyl groups is 4. The largest absolute Gasteiger partial charge is 0.394 e. The molecule has 1 aliphatic rings. The topological polar surface area (TPSA) is 99.4 Å². The van der Waals surface area contributed by atoms with Gasteiger partial charge in [0.1, 0.15) is 24.4 Å². The number of ether oxygens (including phenoxy) is 2. The minimum atomic E-state index is -1.45. The van der Waals surface area contributed by atoms with Gasteiger partial charge in [-0.25, -0.2) is 0 Å². The second-order valence-electron chi connectivity index (χ2n) is 3.96. The Hall–Kier alpha value is 0.240. The predicted molar refractivity (Wildman–Crippen MR) is 62.7 cm³/mol. The van der Waals surface area contributed by atoms with Crippen LogP contribution in [0.3, 0.4) is 0 Å². The van der Waals surface area contributed by atoms with Gasteiger partial charge in [-0.05, 0) is 12.8 Å². The van der Waals surface area contributed by atoms with E-state index in [4.69, 9.17) is 14.6 Å². The maximum atomic E-state index is 9.78. The third-order valence-electron chi connectivity index (χ3n) is 2.68. The molecular weight excluding hydrogens is 296 g/mol. The summed E-state index contributed by atoms with van der Waals surface area (Å²) in [7, 11) is 0. The molecule has 17 heavy (non-hydrogen) atoms. The lowest BCUT2D eigenvalue weighted by Crippen LogP contribution is -2.59.